The molecule has 2 heterocycles. The lowest BCUT2D eigenvalue weighted by Gasteiger charge is -2.34. The van der Waals surface area contributed by atoms with Gasteiger partial charge in [-0.05, 0) is 18.6 Å². The number of aliphatic imine (C=N–C) groups is 1. The summed E-state index contributed by atoms with van der Waals surface area (Å²) in [5.41, 5.74) is 13.2. The van der Waals surface area contributed by atoms with Crippen LogP contribution < -0.4 is 16.4 Å². The lowest BCUT2D eigenvalue weighted by molar-refractivity contribution is 0.149. The number of nitrogens with two attached hydrogens (primary N) is 2. The third kappa shape index (κ3) is 4.60. The molecule has 1 fully saturated rings. The number of rotatable bonds is 5. The number of guanidine groups is 1. The SMILES string of the molecule is CON=C1CN(c2ncc(-c3cccc(COC(=O)N=C(N)N)c3F)cc2C)C1. The Morgan fingerprint density at radius 2 is 2.10 bits per heavy atom. The summed E-state index contributed by atoms with van der Waals surface area (Å²) in [6, 6.07) is 6.70. The molecule has 0 bridgehead atoms. The lowest BCUT2D eigenvalue weighted by atomic mass is 10.0. The number of aromatic nitrogens is 1. The van der Waals surface area contributed by atoms with Crippen LogP contribution in [0.4, 0.5) is 15.0 Å². The molecule has 1 saturated heterocycles. The number of pyridine rings is 1. The van der Waals surface area contributed by atoms with Crippen LogP contribution in [0.2, 0.25) is 0 Å². The van der Waals surface area contributed by atoms with E-state index in [9.17, 15) is 9.18 Å². The van der Waals surface area contributed by atoms with Crippen molar-refractivity contribution in [3.63, 3.8) is 0 Å². The Morgan fingerprint density at radius 1 is 1.34 bits per heavy atom. The van der Waals surface area contributed by atoms with E-state index in [-0.39, 0.29) is 12.2 Å². The summed E-state index contributed by atoms with van der Waals surface area (Å²) in [7, 11) is 1.51. The van der Waals surface area contributed by atoms with Crippen molar-refractivity contribution in [1.29, 1.82) is 0 Å². The Bertz CT molecular complexity index is 980. The van der Waals surface area contributed by atoms with Gasteiger partial charge in [0, 0.05) is 22.9 Å². The fraction of sp³-hybridized carbons (Fsp3) is 0.263. The highest BCUT2D eigenvalue weighted by Gasteiger charge is 2.25. The van der Waals surface area contributed by atoms with E-state index in [1.54, 1.807) is 18.3 Å². The molecular formula is C19H21FN6O3. The first-order valence-corrected chi connectivity index (χ1v) is 8.73. The summed E-state index contributed by atoms with van der Waals surface area (Å²) in [6.45, 7) is 2.91. The van der Waals surface area contributed by atoms with Gasteiger partial charge < -0.3 is 25.9 Å². The number of carbonyl (C=O) groups is 1. The molecule has 3 rings (SSSR count). The van der Waals surface area contributed by atoms with Crippen LogP contribution in [-0.2, 0) is 16.2 Å². The van der Waals surface area contributed by atoms with Crippen LogP contribution in [0.15, 0.2) is 40.6 Å². The Kier molecular flexibility index (Phi) is 5.91. The Hall–Kier alpha value is -3.69. The van der Waals surface area contributed by atoms with Crippen LogP contribution in [0.5, 0.6) is 0 Å². The van der Waals surface area contributed by atoms with Crippen molar-refractivity contribution in [2.45, 2.75) is 13.5 Å². The molecule has 2 aromatic rings. The molecule has 9 nitrogen and oxygen atoms in total. The van der Waals surface area contributed by atoms with Crippen molar-refractivity contribution in [2.75, 3.05) is 25.1 Å². The zero-order valence-electron chi connectivity index (χ0n) is 16.1. The van der Waals surface area contributed by atoms with Crippen molar-refractivity contribution in [3.8, 4) is 11.1 Å². The molecule has 1 aromatic carbocycles. The van der Waals surface area contributed by atoms with E-state index >= 15 is 0 Å². The summed E-state index contributed by atoms with van der Waals surface area (Å²) in [6.07, 6.45) is 0.629. The van der Waals surface area contributed by atoms with Gasteiger partial charge in [0.1, 0.15) is 25.4 Å². The molecule has 1 aliphatic heterocycles. The Morgan fingerprint density at radius 3 is 2.76 bits per heavy atom. The lowest BCUT2D eigenvalue weighted by Crippen LogP contribution is -2.48. The van der Waals surface area contributed by atoms with E-state index < -0.39 is 17.9 Å². The molecule has 0 atom stereocenters. The number of ether oxygens (including phenoxy) is 1. The molecule has 0 unspecified atom stereocenters. The maximum atomic E-state index is 14.9. The summed E-state index contributed by atoms with van der Waals surface area (Å²) >= 11 is 0. The minimum Gasteiger partial charge on any atom is -0.443 e. The van der Waals surface area contributed by atoms with Crippen LogP contribution in [-0.4, -0.2) is 42.9 Å². The summed E-state index contributed by atoms with van der Waals surface area (Å²) < 4.78 is 19.8. The minimum atomic E-state index is -0.984. The highest BCUT2D eigenvalue weighted by atomic mass is 19.1. The second-order valence-electron chi connectivity index (χ2n) is 6.43. The number of nitrogens with zero attached hydrogens (tertiary/aromatic N) is 4. The molecule has 1 aliphatic rings. The van der Waals surface area contributed by atoms with Crippen molar-refractivity contribution in [3.05, 3.63) is 47.4 Å². The van der Waals surface area contributed by atoms with Gasteiger partial charge >= 0.3 is 6.09 Å². The molecule has 152 valence electrons. The van der Waals surface area contributed by atoms with Crippen molar-refractivity contribution in [1.82, 2.24) is 4.98 Å². The molecule has 0 saturated carbocycles. The average Bonchev–Trinajstić information content (AvgIpc) is 2.63. The smallest absolute Gasteiger partial charge is 0.437 e. The van der Waals surface area contributed by atoms with Crippen LogP contribution >= 0.6 is 0 Å². The number of benzene rings is 1. The summed E-state index contributed by atoms with van der Waals surface area (Å²) in [4.78, 5) is 25.9. The molecule has 0 aliphatic carbocycles. The van der Waals surface area contributed by atoms with Gasteiger partial charge in [-0.25, -0.2) is 14.2 Å². The van der Waals surface area contributed by atoms with E-state index in [0.717, 1.165) is 17.1 Å². The molecule has 0 radical (unpaired) electrons. The Labute approximate surface area is 166 Å². The number of hydrogen-bond acceptors (Lipinski definition) is 6. The normalized spacial score (nSPS) is 12.8. The minimum absolute atomic E-state index is 0.200. The molecule has 1 amide bonds. The fourth-order valence-electron chi connectivity index (χ4n) is 2.97. The van der Waals surface area contributed by atoms with Gasteiger partial charge in [-0.3, -0.25) is 0 Å². The first-order valence-electron chi connectivity index (χ1n) is 8.73. The maximum absolute atomic E-state index is 14.9. The van der Waals surface area contributed by atoms with Crippen LogP contribution in [0, 0.1) is 12.7 Å². The zero-order chi connectivity index (χ0) is 21.0. The molecular weight excluding hydrogens is 379 g/mol. The molecule has 1 aromatic heterocycles. The van der Waals surface area contributed by atoms with Gasteiger partial charge in [0.2, 0.25) is 0 Å². The van der Waals surface area contributed by atoms with E-state index in [4.69, 9.17) is 21.0 Å². The van der Waals surface area contributed by atoms with Gasteiger partial charge in [-0.15, -0.1) is 4.99 Å². The largest absolute Gasteiger partial charge is 0.443 e. The van der Waals surface area contributed by atoms with Crippen molar-refractivity contribution >= 4 is 23.6 Å². The Balaban J connectivity index is 1.77. The zero-order valence-corrected chi connectivity index (χ0v) is 16.1. The van der Waals surface area contributed by atoms with Gasteiger partial charge in [0.05, 0.1) is 18.8 Å². The number of anilines is 1. The number of aryl methyl sites for hydroxylation is 1. The fourth-order valence-corrected chi connectivity index (χ4v) is 2.97. The first kappa shape index (κ1) is 20.1. The molecule has 0 spiro atoms. The number of hydrogen-bond donors (Lipinski definition) is 2. The topological polar surface area (TPSA) is 128 Å². The van der Waals surface area contributed by atoms with Crippen LogP contribution in [0.25, 0.3) is 11.1 Å². The van der Waals surface area contributed by atoms with Gasteiger partial charge in [0.15, 0.2) is 5.96 Å². The molecule has 4 N–H and O–H groups in total. The highest BCUT2D eigenvalue weighted by molar-refractivity contribution is 5.99. The number of amides is 1. The van der Waals surface area contributed by atoms with E-state index in [1.165, 1.54) is 13.2 Å². The second kappa shape index (κ2) is 8.55. The average molecular weight is 400 g/mol. The quantitative estimate of drug-likeness (QED) is 0.446. The standard InChI is InChI=1S/C19H21FN6O3/c1-11-6-13(7-23-17(11)26-8-14(9-26)25-28-2)15-5-3-4-12(16(15)20)10-29-19(27)24-18(21)22/h3-7H,8-10H2,1-2H3,(H4,21,22,24,27). The molecule has 29 heavy (non-hydrogen) atoms. The number of halogens is 1. The van der Waals surface area contributed by atoms with E-state index in [2.05, 4.69) is 15.1 Å². The maximum Gasteiger partial charge on any atom is 0.437 e. The second-order valence-corrected chi connectivity index (χ2v) is 6.43. The first-order chi connectivity index (χ1) is 13.9. The van der Waals surface area contributed by atoms with Crippen molar-refractivity contribution in [2.24, 2.45) is 21.6 Å². The predicted molar refractivity (Wildman–Crippen MR) is 107 cm³/mol. The third-order valence-electron chi connectivity index (χ3n) is 4.28. The number of carbonyl (C=O) groups excluding carboxylic acids is 1. The predicted octanol–water partition coefficient (Wildman–Crippen LogP) is 1.93. The number of oxime groups is 1. The third-order valence-corrected chi connectivity index (χ3v) is 4.28. The van der Waals surface area contributed by atoms with E-state index in [0.29, 0.717) is 24.2 Å². The molecule has 10 heteroatoms. The van der Waals surface area contributed by atoms with Crippen LogP contribution in [0.3, 0.4) is 0 Å². The van der Waals surface area contributed by atoms with Crippen LogP contribution in [0.1, 0.15) is 11.1 Å². The monoisotopic (exact) mass is 400 g/mol. The highest BCUT2D eigenvalue weighted by Crippen LogP contribution is 2.29. The van der Waals surface area contributed by atoms with Crippen molar-refractivity contribution < 1.29 is 18.8 Å². The summed E-state index contributed by atoms with van der Waals surface area (Å²) in [5, 5.41) is 3.91. The van der Waals surface area contributed by atoms with Gasteiger partial charge in [-0.2, -0.15) is 0 Å². The van der Waals surface area contributed by atoms with Gasteiger partial charge in [0.25, 0.3) is 0 Å². The summed E-state index contributed by atoms with van der Waals surface area (Å²) in [5.74, 6) is -0.113. The van der Waals surface area contributed by atoms with Gasteiger partial charge in [-0.1, -0.05) is 23.4 Å². The van der Waals surface area contributed by atoms with E-state index in [1.807, 2.05) is 17.9 Å².